The van der Waals surface area contributed by atoms with Gasteiger partial charge in [-0.05, 0) is 19.3 Å². The van der Waals surface area contributed by atoms with Crippen LogP contribution >= 0.6 is 0 Å². The molecule has 2 unspecified atom stereocenters. The van der Waals surface area contributed by atoms with Gasteiger partial charge in [-0.2, -0.15) is 0 Å². The average molecular weight is 174 g/mol. The summed E-state index contributed by atoms with van der Waals surface area (Å²) in [6, 6.07) is 0. The van der Waals surface area contributed by atoms with Gasteiger partial charge in [-0.25, -0.2) is 4.39 Å². The SMILES string of the molecule is O=COC1CCCCCCC1F. The number of alkyl halides is 1. The highest BCUT2D eigenvalue weighted by molar-refractivity contribution is 5.37. The van der Waals surface area contributed by atoms with E-state index in [1.807, 2.05) is 0 Å². The molecule has 0 spiro atoms. The first-order valence-corrected chi connectivity index (χ1v) is 4.58. The Bertz CT molecular complexity index is 138. The molecular weight excluding hydrogens is 159 g/mol. The van der Waals surface area contributed by atoms with Crippen molar-refractivity contribution in [1.29, 1.82) is 0 Å². The van der Waals surface area contributed by atoms with E-state index in [4.69, 9.17) is 0 Å². The maximum absolute atomic E-state index is 13.2. The molecule has 12 heavy (non-hydrogen) atoms. The topological polar surface area (TPSA) is 26.3 Å². The Morgan fingerprint density at radius 3 is 2.50 bits per heavy atom. The van der Waals surface area contributed by atoms with E-state index >= 15 is 0 Å². The number of carbonyl (C=O) groups is 1. The summed E-state index contributed by atoms with van der Waals surface area (Å²) in [4.78, 5) is 10.0. The van der Waals surface area contributed by atoms with E-state index in [2.05, 4.69) is 4.74 Å². The minimum absolute atomic E-state index is 0.360. The molecule has 1 aliphatic carbocycles. The van der Waals surface area contributed by atoms with Crippen LogP contribution in [0.15, 0.2) is 0 Å². The Kier molecular flexibility index (Phi) is 4.05. The van der Waals surface area contributed by atoms with Crippen LogP contribution in [0, 0.1) is 0 Å². The fraction of sp³-hybridized carbons (Fsp3) is 0.889. The van der Waals surface area contributed by atoms with E-state index in [-0.39, 0.29) is 0 Å². The standard InChI is InChI=1S/C9H15FO2/c10-8-5-3-1-2-4-6-9(8)12-7-11/h7-9H,1-6H2. The summed E-state index contributed by atoms with van der Waals surface area (Å²) in [5.41, 5.74) is 0. The lowest BCUT2D eigenvalue weighted by Crippen LogP contribution is -2.26. The molecule has 0 aliphatic heterocycles. The first kappa shape index (κ1) is 9.49. The van der Waals surface area contributed by atoms with Crippen LogP contribution in [0.3, 0.4) is 0 Å². The highest BCUT2D eigenvalue weighted by atomic mass is 19.1. The van der Waals surface area contributed by atoms with Crippen molar-refractivity contribution in [3.05, 3.63) is 0 Å². The molecule has 0 heterocycles. The second kappa shape index (κ2) is 5.12. The summed E-state index contributed by atoms with van der Waals surface area (Å²) < 4.78 is 17.9. The first-order valence-electron chi connectivity index (χ1n) is 4.58. The molecule has 0 bridgehead atoms. The molecule has 2 nitrogen and oxygen atoms in total. The van der Waals surface area contributed by atoms with Gasteiger partial charge >= 0.3 is 0 Å². The van der Waals surface area contributed by atoms with Gasteiger partial charge in [-0.15, -0.1) is 0 Å². The minimum Gasteiger partial charge on any atom is -0.461 e. The zero-order chi connectivity index (χ0) is 8.81. The van der Waals surface area contributed by atoms with Crippen molar-refractivity contribution in [1.82, 2.24) is 0 Å². The van der Waals surface area contributed by atoms with Crippen LogP contribution in [0.25, 0.3) is 0 Å². The fourth-order valence-electron chi connectivity index (χ4n) is 1.63. The molecule has 0 radical (unpaired) electrons. The normalized spacial score (nSPS) is 31.8. The highest BCUT2D eigenvalue weighted by Crippen LogP contribution is 2.21. The third kappa shape index (κ3) is 2.80. The number of rotatable bonds is 2. The van der Waals surface area contributed by atoms with E-state index in [1.165, 1.54) is 0 Å². The zero-order valence-electron chi connectivity index (χ0n) is 7.17. The molecule has 2 atom stereocenters. The van der Waals surface area contributed by atoms with Crippen molar-refractivity contribution in [3.8, 4) is 0 Å². The molecule has 1 saturated carbocycles. The van der Waals surface area contributed by atoms with Gasteiger partial charge in [-0.1, -0.05) is 19.3 Å². The molecule has 0 aromatic rings. The highest BCUT2D eigenvalue weighted by Gasteiger charge is 2.22. The molecule has 0 aromatic heterocycles. The molecule has 0 N–H and O–H groups in total. The van der Waals surface area contributed by atoms with Crippen molar-refractivity contribution in [2.24, 2.45) is 0 Å². The molecule has 3 heteroatoms. The third-order valence-corrected chi connectivity index (χ3v) is 2.35. The predicted molar refractivity (Wildman–Crippen MR) is 43.5 cm³/mol. The lowest BCUT2D eigenvalue weighted by molar-refractivity contribution is -0.137. The van der Waals surface area contributed by atoms with E-state index < -0.39 is 12.3 Å². The summed E-state index contributed by atoms with van der Waals surface area (Å²) in [7, 11) is 0. The number of hydrogen-bond donors (Lipinski definition) is 0. The van der Waals surface area contributed by atoms with Gasteiger partial charge in [0.2, 0.25) is 0 Å². The molecule has 0 saturated heterocycles. The average Bonchev–Trinajstić information content (AvgIpc) is 2.05. The Morgan fingerprint density at radius 2 is 1.83 bits per heavy atom. The molecule has 1 fully saturated rings. The third-order valence-electron chi connectivity index (χ3n) is 2.35. The Balaban J connectivity index is 2.37. The van der Waals surface area contributed by atoms with E-state index in [0.29, 0.717) is 19.3 Å². The summed E-state index contributed by atoms with van der Waals surface area (Å²) >= 11 is 0. The van der Waals surface area contributed by atoms with E-state index in [1.54, 1.807) is 0 Å². The van der Waals surface area contributed by atoms with Crippen molar-refractivity contribution >= 4 is 6.47 Å². The van der Waals surface area contributed by atoms with Crippen molar-refractivity contribution in [2.45, 2.75) is 50.8 Å². The number of hydrogen-bond acceptors (Lipinski definition) is 2. The summed E-state index contributed by atoms with van der Waals surface area (Å²) in [6.45, 7) is 0.360. The number of ether oxygens (including phenoxy) is 1. The zero-order valence-corrected chi connectivity index (χ0v) is 7.17. The van der Waals surface area contributed by atoms with Gasteiger partial charge in [-0.3, -0.25) is 4.79 Å². The van der Waals surface area contributed by atoms with Crippen molar-refractivity contribution in [2.75, 3.05) is 0 Å². The number of carbonyl (C=O) groups excluding carboxylic acids is 1. The Labute approximate surface area is 72.1 Å². The van der Waals surface area contributed by atoms with Crippen LogP contribution in [0.1, 0.15) is 38.5 Å². The largest absolute Gasteiger partial charge is 0.461 e. The molecule has 0 aromatic carbocycles. The number of halogens is 1. The van der Waals surface area contributed by atoms with Gasteiger partial charge in [0.25, 0.3) is 6.47 Å². The second-order valence-electron chi connectivity index (χ2n) is 3.28. The molecule has 70 valence electrons. The van der Waals surface area contributed by atoms with Crippen LogP contribution < -0.4 is 0 Å². The van der Waals surface area contributed by atoms with Gasteiger partial charge < -0.3 is 4.74 Å². The van der Waals surface area contributed by atoms with Crippen LogP contribution in [0.5, 0.6) is 0 Å². The van der Waals surface area contributed by atoms with Gasteiger partial charge in [0.05, 0.1) is 0 Å². The lowest BCUT2D eigenvalue weighted by atomic mass is 9.97. The monoisotopic (exact) mass is 174 g/mol. The summed E-state index contributed by atoms with van der Waals surface area (Å²) in [5, 5.41) is 0. The predicted octanol–water partition coefficient (Wildman–Crippen LogP) is 2.22. The van der Waals surface area contributed by atoms with Crippen LogP contribution in [-0.2, 0) is 9.53 Å². The van der Waals surface area contributed by atoms with E-state index in [0.717, 1.165) is 25.7 Å². The van der Waals surface area contributed by atoms with Crippen molar-refractivity contribution in [3.63, 3.8) is 0 Å². The minimum atomic E-state index is -0.949. The van der Waals surface area contributed by atoms with Gasteiger partial charge in [0, 0.05) is 0 Å². The molecule has 1 rings (SSSR count). The molecular formula is C9H15FO2. The van der Waals surface area contributed by atoms with Crippen LogP contribution in [0.2, 0.25) is 0 Å². The molecule has 1 aliphatic rings. The first-order chi connectivity index (χ1) is 5.84. The summed E-state index contributed by atoms with van der Waals surface area (Å²) in [5.74, 6) is 0. The summed E-state index contributed by atoms with van der Waals surface area (Å²) in [6.07, 6.45) is 3.91. The lowest BCUT2D eigenvalue weighted by Gasteiger charge is -2.21. The Morgan fingerprint density at radius 1 is 1.17 bits per heavy atom. The van der Waals surface area contributed by atoms with Crippen LogP contribution in [0.4, 0.5) is 4.39 Å². The fourth-order valence-corrected chi connectivity index (χ4v) is 1.63. The maximum Gasteiger partial charge on any atom is 0.293 e. The Hall–Kier alpha value is -0.600. The second-order valence-corrected chi connectivity index (χ2v) is 3.28. The van der Waals surface area contributed by atoms with Crippen molar-refractivity contribution < 1.29 is 13.9 Å². The van der Waals surface area contributed by atoms with Gasteiger partial charge in [0.1, 0.15) is 12.3 Å². The van der Waals surface area contributed by atoms with Crippen LogP contribution in [-0.4, -0.2) is 18.7 Å². The van der Waals surface area contributed by atoms with E-state index in [9.17, 15) is 9.18 Å². The van der Waals surface area contributed by atoms with Gasteiger partial charge in [0.15, 0.2) is 0 Å². The smallest absolute Gasteiger partial charge is 0.293 e. The molecule has 0 amide bonds. The maximum atomic E-state index is 13.2. The quantitative estimate of drug-likeness (QED) is 0.600.